The number of benzene rings is 2. The highest BCUT2D eigenvalue weighted by molar-refractivity contribution is 14.1. The van der Waals surface area contributed by atoms with E-state index in [0.717, 1.165) is 20.3 Å². The van der Waals surface area contributed by atoms with Gasteiger partial charge in [-0.15, -0.1) is 0 Å². The van der Waals surface area contributed by atoms with Crippen molar-refractivity contribution in [1.82, 2.24) is 4.98 Å². The van der Waals surface area contributed by atoms with Crippen LogP contribution in [0.5, 0.6) is 5.88 Å². The number of hydrogen-bond acceptors (Lipinski definition) is 2. The number of aliphatic imine (C=N–C) groups is 1. The Hall–Kier alpha value is -2.41. The summed E-state index contributed by atoms with van der Waals surface area (Å²) in [5.74, 6) is -0.352. The molecule has 4 nitrogen and oxygen atoms in total. The van der Waals surface area contributed by atoms with Gasteiger partial charge in [0.2, 0.25) is 0 Å². The van der Waals surface area contributed by atoms with Crippen molar-refractivity contribution in [1.29, 1.82) is 0 Å². The molecule has 0 radical (unpaired) electrons. The van der Waals surface area contributed by atoms with E-state index in [1.54, 1.807) is 0 Å². The molecule has 0 atom stereocenters. The summed E-state index contributed by atoms with van der Waals surface area (Å²) in [4.78, 5) is 19.6. The molecule has 1 aliphatic rings. The summed E-state index contributed by atoms with van der Waals surface area (Å²) in [5, 5.41) is 10.4. The van der Waals surface area contributed by atoms with Gasteiger partial charge >= 0.3 is 0 Å². The third-order valence-corrected chi connectivity index (χ3v) is 4.82. The molecule has 0 bridgehead atoms. The van der Waals surface area contributed by atoms with E-state index in [4.69, 9.17) is 0 Å². The molecule has 2 N–H and O–H groups in total. The maximum atomic E-state index is 12.5. The fraction of sp³-hybridized carbons (Fsp3) is 0.0526. The largest absolute Gasteiger partial charge is 0.494 e. The van der Waals surface area contributed by atoms with Gasteiger partial charge in [0.15, 0.2) is 5.88 Å². The highest BCUT2D eigenvalue weighted by atomic mass is 127. The smallest absolute Gasteiger partial charge is 0.280 e. The predicted octanol–water partition coefficient (Wildman–Crippen LogP) is 4.29. The number of hydrogen-bond donors (Lipinski definition) is 2. The number of carbonyl (C=O) groups is 1. The summed E-state index contributed by atoms with van der Waals surface area (Å²) in [6, 6.07) is 15.5. The third-order valence-electron chi connectivity index (χ3n) is 4.10. The van der Waals surface area contributed by atoms with Crippen LogP contribution in [0.4, 0.5) is 0 Å². The number of rotatable bonds is 2. The molecular formula is C19H13IN2O2. The van der Waals surface area contributed by atoms with E-state index < -0.39 is 0 Å². The fourth-order valence-corrected chi connectivity index (χ4v) is 3.26. The minimum Gasteiger partial charge on any atom is -0.494 e. The van der Waals surface area contributed by atoms with Crippen LogP contribution in [0, 0.1) is 10.5 Å². The molecule has 1 amide bonds. The van der Waals surface area contributed by atoms with Crippen LogP contribution in [0.25, 0.3) is 11.3 Å². The normalized spacial score (nSPS) is 13.1. The lowest BCUT2D eigenvalue weighted by molar-refractivity contribution is 0.101. The minimum absolute atomic E-state index is 0.0243. The van der Waals surface area contributed by atoms with Crippen molar-refractivity contribution in [3.8, 4) is 17.1 Å². The van der Waals surface area contributed by atoms with Crippen molar-refractivity contribution in [3.63, 3.8) is 0 Å². The molecule has 2 heterocycles. The first-order valence-electron chi connectivity index (χ1n) is 7.46. The zero-order chi connectivity index (χ0) is 16.8. The van der Waals surface area contributed by atoms with Crippen LogP contribution in [-0.4, -0.2) is 21.7 Å². The van der Waals surface area contributed by atoms with E-state index in [1.807, 2.05) is 55.5 Å². The van der Waals surface area contributed by atoms with Crippen molar-refractivity contribution >= 4 is 34.2 Å². The zero-order valence-corrected chi connectivity index (χ0v) is 15.0. The molecule has 0 saturated heterocycles. The van der Waals surface area contributed by atoms with Gasteiger partial charge in [-0.05, 0) is 47.2 Å². The number of H-pyrrole nitrogens is 1. The number of nitrogens with zero attached hydrogens (tertiary/aromatic N) is 1. The summed E-state index contributed by atoms with van der Waals surface area (Å²) in [7, 11) is 0. The molecule has 0 aliphatic carbocycles. The van der Waals surface area contributed by atoms with Crippen LogP contribution in [0.3, 0.4) is 0 Å². The highest BCUT2D eigenvalue weighted by Gasteiger charge is 2.33. The van der Waals surface area contributed by atoms with Gasteiger partial charge in [0, 0.05) is 9.13 Å². The average molecular weight is 428 g/mol. The van der Waals surface area contributed by atoms with E-state index in [2.05, 4.69) is 32.6 Å². The fourth-order valence-electron chi connectivity index (χ4n) is 2.90. The number of aromatic amines is 1. The number of halogens is 1. The molecule has 3 aromatic rings. The molecule has 1 aliphatic heterocycles. The van der Waals surface area contributed by atoms with Crippen LogP contribution >= 0.6 is 22.6 Å². The molecule has 2 aromatic carbocycles. The quantitative estimate of drug-likeness (QED) is 0.599. The SMILES string of the molecule is Cc1ccc(C2=NC(=O)c3c(-c4ccc(I)cc4)[nH]c(O)c32)cc1. The van der Waals surface area contributed by atoms with E-state index in [9.17, 15) is 9.90 Å². The number of fused-ring (bicyclic) bond motifs is 1. The zero-order valence-electron chi connectivity index (χ0n) is 12.8. The molecule has 0 saturated carbocycles. The first kappa shape index (κ1) is 15.1. The van der Waals surface area contributed by atoms with Gasteiger partial charge in [-0.1, -0.05) is 42.0 Å². The van der Waals surface area contributed by atoms with Crippen LogP contribution in [0.15, 0.2) is 53.5 Å². The molecule has 0 fully saturated rings. The minimum atomic E-state index is -0.328. The van der Waals surface area contributed by atoms with Crippen LogP contribution in [0.2, 0.25) is 0 Å². The molecule has 4 rings (SSSR count). The Bertz CT molecular complexity index is 983. The number of amides is 1. The van der Waals surface area contributed by atoms with Gasteiger partial charge in [0.25, 0.3) is 5.91 Å². The van der Waals surface area contributed by atoms with E-state index in [1.165, 1.54) is 0 Å². The third kappa shape index (κ3) is 2.36. The Morgan fingerprint density at radius 2 is 1.58 bits per heavy atom. The maximum Gasteiger partial charge on any atom is 0.280 e. The number of nitrogens with one attached hydrogen (secondary N) is 1. The number of aryl methyl sites for hydroxylation is 1. The standard InChI is InChI=1S/C19H13IN2O2/c1-10-2-4-11(5-3-10)16-14-15(19(24)21-16)17(22-18(14)23)12-6-8-13(20)9-7-12/h2-9,22-23H,1H3. The van der Waals surface area contributed by atoms with E-state index >= 15 is 0 Å². The maximum absolute atomic E-state index is 12.5. The lowest BCUT2D eigenvalue weighted by atomic mass is 9.99. The van der Waals surface area contributed by atoms with Crippen molar-refractivity contribution in [2.24, 2.45) is 4.99 Å². The Morgan fingerprint density at radius 1 is 0.958 bits per heavy atom. The average Bonchev–Trinajstić information content (AvgIpc) is 3.08. The van der Waals surface area contributed by atoms with Crippen molar-refractivity contribution in [3.05, 3.63) is 74.4 Å². The summed E-state index contributed by atoms with van der Waals surface area (Å²) < 4.78 is 1.10. The van der Waals surface area contributed by atoms with Crippen molar-refractivity contribution < 1.29 is 9.90 Å². The molecule has 5 heteroatoms. The van der Waals surface area contributed by atoms with Gasteiger partial charge in [-0.3, -0.25) is 4.79 Å². The second-order valence-corrected chi connectivity index (χ2v) is 6.98. The molecule has 0 unspecified atom stereocenters. The number of carbonyl (C=O) groups excluding carboxylic acids is 1. The van der Waals surface area contributed by atoms with Gasteiger partial charge in [-0.25, -0.2) is 4.99 Å². The summed E-state index contributed by atoms with van der Waals surface area (Å²) in [6.45, 7) is 2.00. The summed E-state index contributed by atoms with van der Waals surface area (Å²) in [6.07, 6.45) is 0. The molecule has 1 aromatic heterocycles. The van der Waals surface area contributed by atoms with Gasteiger partial charge in [0.1, 0.15) is 0 Å². The Kier molecular flexibility index (Phi) is 3.53. The van der Waals surface area contributed by atoms with Gasteiger partial charge < -0.3 is 10.1 Å². The highest BCUT2D eigenvalue weighted by Crippen LogP contribution is 2.38. The van der Waals surface area contributed by atoms with Crippen molar-refractivity contribution in [2.75, 3.05) is 0 Å². The van der Waals surface area contributed by atoms with E-state index in [0.29, 0.717) is 22.5 Å². The molecule has 24 heavy (non-hydrogen) atoms. The van der Waals surface area contributed by atoms with Gasteiger partial charge in [-0.2, -0.15) is 0 Å². The topological polar surface area (TPSA) is 65.5 Å². The predicted molar refractivity (Wildman–Crippen MR) is 102 cm³/mol. The second kappa shape index (κ2) is 5.59. The van der Waals surface area contributed by atoms with E-state index in [-0.39, 0.29) is 11.8 Å². The van der Waals surface area contributed by atoms with Crippen LogP contribution in [0.1, 0.15) is 27.0 Å². The van der Waals surface area contributed by atoms with Crippen LogP contribution in [-0.2, 0) is 0 Å². The lowest BCUT2D eigenvalue weighted by Crippen LogP contribution is -1.99. The summed E-state index contributed by atoms with van der Waals surface area (Å²) >= 11 is 2.23. The second-order valence-electron chi connectivity index (χ2n) is 5.74. The Labute approximate surface area is 152 Å². The first-order valence-corrected chi connectivity index (χ1v) is 8.54. The van der Waals surface area contributed by atoms with Crippen molar-refractivity contribution in [2.45, 2.75) is 6.92 Å². The molecule has 118 valence electrons. The molecular weight excluding hydrogens is 415 g/mol. The first-order chi connectivity index (χ1) is 11.5. The lowest BCUT2D eigenvalue weighted by Gasteiger charge is -2.01. The Balaban J connectivity index is 1.87. The van der Waals surface area contributed by atoms with Gasteiger partial charge in [0.05, 0.1) is 22.5 Å². The molecule has 0 spiro atoms. The van der Waals surface area contributed by atoms with Crippen LogP contribution < -0.4 is 0 Å². The Morgan fingerprint density at radius 3 is 2.25 bits per heavy atom. The number of aromatic hydroxyl groups is 1. The monoisotopic (exact) mass is 428 g/mol. The number of aromatic nitrogens is 1. The summed E-state index contributed by atoms with van der Waals surface area (Å²) in [5.41, 5.74) is 4.83.